The van der Waals surface area contributed by atoms with Gasteiger partial charge in [0.2, 0.25) is 5.91 Å². The van der Waals surface area contributed by atoms with Crippen molar-refractivity contribution in [3.63, 3.8) is 0 Å². The number of benzene rings is 1. The average Bonchev–Trinajstić information content (AvgIpc) is 3.15. The van der Waals surface area contributed by atoms with Crippen LogP contribution in [0.15, 0.2) is 10.3 Å². The zero-order valence-corrected chi connectivity index (χ0v) is 22.2. The number of nitrogens with one attached hydrogen (secondary N) is 1. The predicted octanol–water partition coefficient (Wildman–Crippen LogP) is 4.31. The van der Waals surface area contributed by atoms with Gasteiger partial charge >= 0.3 is 0 Å². The van der Waals surface area contributed by atoms with Crippen molar-refractivity contribution in [3.05, 3.63) is 44.8 Å². The van der Waals surface area contributed by atoms with Crippen LogP contribution in [0.5, 0.6) is 0 Å². The summed E-state index contributed by atoms with van der Waals surface area (Å²) in [5.41, 5.74) is 0.727. The second-order valence-corrected chi connectivity index (χ2v) is 12.9. The Morgan fingerprint density at radius 2 is 1.91 bits per heavy atom. The first kappa shape index (κ1) is 27.9. The Hall–Kier alpha value is -2.35. The van der Waals surface area contributed by atoms with E-state index < -0.39 is 33.8 Å². The van der Waals surface area contributed by atoms with Gasteiger partial charge in [0.25, 0.3) is 10.0 Å². The van der Waals surface area contributed by atoms with Crippen molar-refractivity contribution in [2.24, 2.45) is 5.92 Å². The van der Waals surface area contributed by atoms with E-state index >= 15 is 4.39 Å². The summed E-state index contributed by atoms with van der Waals surface area (Å²) in [5, 5.41) is 19.5. The van der Waals surface area contributed by atoms with Crippen molar-refractivity contribution in [2.45, 2.75) is 83.5 Å². The number of rotatable bonds is 8. The number of aliphatic hydroxyl groups excluding tert-OH is 1. The highest BCUT2D eigenvalue weighted by atomic mass is 32.2. The first-order valence-corrected chi connectivity index (χ1v) is 13.3. The maximum atomic E-state index is 15.1. The van der Waals surface area contributed by atoms with Crippen molar-refractivity contribution in [1.82, 2.24) is 9.71 Å². The monoisotopic (exact) mass is 509 g/mol. The van der Waals surface area contributed by atoms with Gasteiger partial charge in [0.15, 0.2) is 4.21 Å². The summed E-state index contributed by atoms with van der Waals surface area (Å²) < 4.78 is 42.9. The highest BCUT2D eigenvalue weighted by Gasteiger charge is 2.30. The molecule has 1 amide bonds. The Morgan fingerprint density at radius 1 is 1.29 bits per heavy atom. The maximum Gasteiger partial charge on any atom is 0.275 e. The van der Waals surface area contributed by atoms with Gasteiger partial charge in [-0.25, -0.2) is 22.5 Å². The molecule has 34 heavy (non-hydrogen) atoms. The molecule has 7 nitrogen and oxygen atoms in total. The molecule has 0 unspecified atom stereocenters. The van der Waals surface area contributed by atoms with Crippen LogP contribution < -0.4 is 4.72 Å². The summed E-state index contributed by atoms with van der Waals surface area (Å²) in [5.74, 6) is -1.67. The number of carbonyl (C=O) groups is 1. The maximum absolute atomic E-state index is 15.1. The third kappa shape index (κ3) is 6.20. The molecule has 0 saturated carbocycles. The fourth-order valence-corrected chi connectivity index (χ4v) is 6.20. The molecule has 0 aliphatic carbocycles. The Labute approximate surface area is 205 Å². The standard InChI is InChI=1S/C24H32FN3O4S2/c1-13(2)8-15-9-16(11-26)21(25)20(14(3)4)17(15)10-19(30)28-34(31,32)22-18(12-29)27-23(33-22)24(5,6)7/h9,13-14,29H,8,10,12H2,1-7H3,(H,28,30). The van der Waals surface area contributed by atoms with E-state index in [2.05, 4.69) is 9.71 Å². The number of sulfonamides is 1. The molecule has 0 saturated heterocycles. The molecule has 0 aliphatic rings. The first-order chi connectivity index (χ1) is 15.6. The summed E-state index contributed by atoms with van der Waals surface area (Å²) >= 11 is 0.903. The van der Waals surface area contributed by atoms with E-state index in [4.69, 9.17) is 0 Å². The van der Waals surface area contributed by atoms with E-state index in [1.165, 1.54) is 6.07 Å². The minimum atomic E-state index is -4.30. The number of amides is 1. The van der Waals surface area contributed by atoms with Crippen LogP contribution >= 0.6 is 11.3 Å². The molecule has 1 aromatic carbocycles. The van der Waals surface area contributed by atoms with Crippen LogP contribution in [0.4, 0.5) is 4.39 Å². The van der Waals surface area contributed by atoms with Crippen LogP contribution in [0.1, 0.15) is 87.3 Å². The van der Waals surface area contributed by atoms with Gasteiger partial charge in [-0.3, -0.25) is 4.79 Å². The summed E-state index contributed by atoms with van der Waals surface area (Å²) in [6.07, 6.45) is 0.138. The number of aliphatic hydroxyl groups is 1. The Balaban J connectivity index is 2.49. The van der Waals surface area contributed by atoms with Crippen LogP contribution in [-0.4, -0.2) is 24.4 Å². The Morgan fingerprint density at radius 3 is 2.38 bits per heavy atom. The third-order valence-electron chi connectivity index (χ3n) is 5.11. The quantitative estimate of drug-likeness (QED) is 0.547. The second kappa shape index (κ2) is 10.5. The van der Waals surface area contributed by atoms with Gasteiger partial charge in [-0.2, -0.15) is 5.26 Å². The van der Waals surface area contributed by atoms with Crippen LogP contribution in [0, 0.1) is 23.1 Å². The number of thiazole rings is 1. The molecule has 0 fully saturated rings. The molecule has 0 aliphatic heterocycles. The van der Waals surface area contributed by atoms with Gasteiger partial charge in [-0.15, -0.1) is 11.3 Å². The summed E-state index contributed by atoms with van der Waals surface area (Å²) in [4.78, 5) is 17.2. The third-order valence-corrected chi connectivity index (χ3v) is 8.56. The minimum absolute atomic E-state index is 0.0250. The Bertz CT molecular complexity index is 1220. The average molecular weight is 510 g/mol. The van der Waals surface area contributed by atoms with Gasteiger partial charge in [-0.1, -0.05) is 48.5 Å². The lowest BCUT2D eigenvalue weighted by Gasteiger charge is -2.20. The zero-order chi connectivity index (χ0) is 26.0. The topological polar surface area (TPSA) is 120 Å². The van der Waals surface area contributed by atoms with Crippen molar-refractivity contribution in [3.8, 4) is 6.07 Å². The number of hydrogen-bond acceptors (Lipinski definition) is 7. The predicted molar refractivity (Wildman–Crippen MR) is 130 cm³/mol. The molecule has 10 heteroatoms. The van der Waals surface area contributed by atoms with Gasteiger partial charge in [0.1, 0.15) is 11.9 Å². The van der Waals surface area contributed by atoms with Crippen molar-refractivity contribution >= 4 is 27.3 Å². The lowest BCUT2D eigenvalue weighted by Crippen LogP contribution is -2.32. The fourth-order valence-electron chi connectivity index (χ4n) is 3.65. The van der Waals surface area contributed by atoms with Crippen LogP contribution in [0.3, 0.4) is 0 Å². The number of nitriles is 1. The van der Waals surface area contributed by atoms with Crippen molar-refractivity contribution in [2.75, 3.05) is 0 Å². The highest BCUT2D eigenvalue weighted by molar-refractivity contribution is 7.92. The molecule has 2 rings (SSSR count). The van der Waals surface area contributed by atoms with Crippen molar-refractivity contribution in [1.29, 1.82) is 5.26 Å². The number of nitrogens with zero attached hydrogens (tertiary/aromatic N) is 2. The van der Waals surface area contributed by atoms with Gasteiger partial charge in [0.05, 0.1) is 29.3 Å². The summed E-state index contributed by atoms with van der Waals surface area (Å²) in [6, 6.07) is 3.32. The molecular formula is C24H32FN3O4S2. The fraction of sp³-hybridized carbons (Fsp3) is 0.542. The molecule has 0 bridgehead atoms. The van der Waals surface area contributed by atoms with E-state index in [-0.39, 0.29) is 39.3 Å². The Kier molecular flexibility index (Phi) is 8.62. The highest BCUT2D eigenvalue weighted by Crippen LogP contribution is 2.33. The summed E-state index contributed by atoms with van der Waals surface area (Å²) in [7, 11) is -4.30. The summed E-state index contributed by atoms with van der Waals surface area (Å²) in [6.45, 7) is 12.5. The van der Waals surface area contributed by atoms with E-state index in [1.807, 2.05) is 40.7 Å². The molecule has 0 spiro atoms. The van der Waals surface area contributed by atoms with E-state index in [9.17, 15) is 23.6 Å². The minimum Gasteiger partial charge on any atom is -0.390 e. The zero-order valence-electron chi connectivity index (χ0n) is 20.6. The number of halogens is 1. The number of carbonyl (C=O) groups excluding carboxylic acids is 1. The van der Waals surface area contributed by atoms with Crippen LogP contribution in [0.25, 0.3) is 0 Å². The second-order valence-electron chi connectivity index (χ2n) is 10.0. The lowest BCUT2D eigenvalue weighted by molar-refractivity contribution is -0.118. The number of hydrogen-bond donors (Lipinski definition) is 2. The molecule has 0 radical (unpaired) electrons. The SMILES string of the molecule is CC(C)Cc1cc(C#N)c(F)c(C(C)C)c1CC(=O)NS(=O)(=O)c1sc(C(C)(C)C)nc1CO. The lowest BCUT2D eigenvalue weighted by atomic mass is 9.85. The van der Waals surface area contributed by atoms with Crippen LogP contribution in [0.2, 0.25) is 0 Å². The molecule has 2 aromatic rings. The van der Waals surface area contributed by atoms with Crippen molar-refractivity contribution < 1.29 is 22.7 Å². The van der Waals surface area contributed by atoms with Gasteiger partial charge in [0, 0.05) is 5.41 Å². The van der Waals surface area contributed by atoms with E-state index in [1.54, 1.807) is 13.8 Å². The molecule has 0 atom stereocenters. The van der Waals surface area contributed by atoms with Gasteiger partial charge < -0.3 is 5.11 Å². The molecular weight excluding hydrogens is 477 g/mol. The van der Waals surface area contributed by atoms with Gasteiger partial charge in [-0.05, 0) is 41.0 Å². The molecule has 1 heterocycles. The largest absolute Gasteiger partial charge is 0.390 e. The van der Waals surface area contributed by atoms with E-state index in [0.717, 1.165) is 11.3 Å². The molecule has 186 valence electrons. The van der Waals surface area contributed by atoms with Crippen LogP contribution in [-0.2, 0) is 39.7 Å². The molecule has 1 aromatic heterocycles. The molecule has 2 N–H and O–H groups in total. The number of aromatic nitrogens is 1. The smallest absolute Gasteiger partial charge is 0.275 e. The first-order valence-electron chi connectivity index (χ1n) is 11.0. The van der Waals surface area contributed by atoms with E-state index in [0.29, 0.717) is 22.6 Å². The normalized spacial score (nSPS) is 12.3.